The van der Waals surface area contributed by atoms with Crippen molar-refractivity contribution in [3.8, 4) is 0 Å². The zero-order valence-electron chi connectivity index (χ0n) is 10.9. The summed E-state index contributed by atoms with van der Waals surface area (Å²) in [5.74, 6) is -0.263. The minimum Gasteiger partial charge on any atom is -0.396 e. The molecule has 4 nitrogen and oxygen atoms in total. The van der Waals surface area contributed by atoms with E-state index in [4.69, 9.17) is 16.7 Å². The van der Waals surface area contributed by atoms with Crippen LogP contribution in [0, 0.1) is 5.41 Å². The number of nitrogens with zero attached hydrogens (tertiary/aromatic N) is 1. The van der Waals surface area contributed by atoms with Gasteiger partial charge >= 0.3 is 0 Å². The van der Waals surface area contributed by atoms with Gasteiger partial charge in [-0.15, -0.1) is 0 Å². The molecule has 0 radical (unpaired) electrons. The molecule has 1 aromatic rings. The number of carbonyl (C=O) groups is 1. The van der Waals surface area contributed by atoms with Crippen molar-refractivity contribution in [2.24, 2.45) is 5.41 Å². The summed E-state index contributed by atoms with van der Waals surface area (Å²) in [6.07, 6.45) is 3.48. The lowest BCUT2D eigenvalue weighted by Crippen LogP contribution is -2.44. The van der Waals surface area contributed by atoms with E-state index in [0.717, 1.165) is 0 Å². The van der Waals surface area contributed by atoms with Crippen molar-refractivity contribution in [1.29, 1.82) is 0 Å². The zero-order valence-corrected chi connectivity index (χ0v) is 11.7. The topological polar surface area (TPSA) is 62.2 Å². The lowest BCUT2D eigenvalue weighted by Gasteiger charge is -2.31. The second-order valence-corrected chi connectivity index (χ2v) is 5.67. The summed E-state index contributed by atoms with van der Waals surface area (Å²) >= 11 is 5.94. The normalized spacial score (nSPS) is 13.2. The number of carbonyl (C=O) groups excluding carboxylic acids is 1. The highest BCUT2D eigenvalue weighted by Crippen LogP contribution is 2.22. The van der Waals surface area contributed by atoms with E-state index in [1.54, 1.807) is 6.07 Å². The van der Waals surface area contributed by atoms with Crippen molar-refractivity contribution in [3.63, 3.8) is 0 Å². The van der Waals surface area contributed by atoms with Crippen molar-refractivity contribution in [2.45, 2.75) is 33.2 Å². The van der Waals surface area contributed by atoms with Crippen LogP contribution in [0.15, 0.2) is 18.5 Å². The Morgan fingerprint density at radius 3 is 2.72 bits per heavy atom. The zero-order chi connectivity index (χ0) is 13.8. The third kappa shape index (κ3) is 3.96. The minimum absolute atomic E-state index is 0.0307. The summed E-state index contributed by atoms with van der Waals surface area (Å²) < 4.78 is 0. The fourth-order valence-electron chi connectivity index (χ4n) is 1.63. The maximum atomic E-state index is 12.1. The molecule has 0 aliphatic rings. The van der Waals surface area contributed by atoms with Gasteiger partial charge in [0.25, 0.3) is 5.91 Å². The van der Waals surface area contributed by atoms with Gasteiger partial charge in [-0.2, -0.15) is 0 Å². The first-order valence-electron chi connectivity index (χ1n) is 5.87. The SMILES string of the molecule is CC(C)(C)C(CCO)NC(=O)c1cnccc1Cl. The van der Waals surface area contributed by atoms with Gasteiger partial charge in [0.15, 0.2) is 0 Å². The van der Waals surface area contributed by atoms with Crippen molar-refractivity contribution in [1.82, 2.24) is 10.3 Å². The van der Waals surface area contributed by atoms with Crippen molar-refractivity contribution < 1.29 is 9.90 Å². The predicted octanol–water partition coefficient (Wildman–Crippen LogP) is 2.26. The number of halogens is 1. The Kier molecular flexibility index (Phi) is 5.11. The minimum atomic E-state index is -0.263. The standard InChI is InChI=1S/C13H19ClN2O2/c1-13(2,3)11(5-7-17)16-12(18)9-8-15-6-4-10(9)14/h4,6,8,11,17H,5,7H2,1-3H3,(H,16,18). The second kappa shape index (κ2) is 6.16. The van der Waals surface area contributed by atoms with Crippen LogP contribution in [0.1, 0.15) is 37.6 Å². The molecule has 0 bridgehead atoms. The second-order valence-electron chi connectivity index (χ2n) is 5.26. The number of hydrogen-bond acceptors (Lipinski definition) is 3. The van der Waals surface area contributed by atoms with Crippen LogP contribution in [0.3, 0.4) is 0 Å². The lowest BCUT2D eigenvalue weighted by molar-refractivity contribution is 0.0885. The summed E-state index contributed by atoms with van der Waals surface area (Å²) in [5, 5.41) is 12.3. The first-order chi connectivity index (χ1) is 8.36. The molecule has 0 fully saturated rings. The van der Waals surface area contributed by atoms with Gasteiger partial charge in [0.2, 0.25) is 0 Å². The van der Waals surface area contributed by atoms with E-state index in [2.05, 4.69) is 10.3 Å². The molecule has 0 spiro atoms. The average molecular weight is 271 g/mol. The van der Waals surface area contributed by atoms with Gasteiger partial charge in [0.05, 0.1) is 10.6 Å². The fraction of sp³-hybridized carbons (Fsp3) is 0.538. The van der Waals surface area contributed by atoms with E-state index in [1.807, 2.05) is 20.8 Å². The summed E-state index contributed by atoms with van der Waals surface area (Å²) in [6, 6.07) is 1.46. The number of aliphatic hydroxyl groups excluding tert-OH is 1. The van der Waals surface area contributed by atoms with Gasteiger partial charge in [-0.05, 0) is 17.9 Å². The van der Waals surface area contributed by atoms with Crippen molar-refractivity contribution in [3.05, 3.63) is 29.0 Å². The van der Waals surface area contributed by atoms with Crippen LogP contribution in [0.5, 0.6) is 0 Å². The predicted molar refractivity (Wildman–Crippen MR) is 71.7 cm³/mol. The first-order valence-corrected chi connectivity index (χ1v) is 6.25. The van der Waals surface area contributed by atoms with Crippen molar-refractivity contribution in [2.75, 3.05) is 6.61 Å². The molecule has 2 N–H and O–H groups in total. The molecule has 0 saturated carbocycles. The molecule has 0 aliphatic heterocycles. The molecule has 1 rings (SSSR count). The molecule has 1 heterocycles. The van der Waals surface area contributed by atoms with Gasteiger partial charge in [0.1, 0.15) is 0 Å². The molecule has 1 amide bonds. The Bertz CT molecular complexity index is 416. The van der Waals surface area contributed by atoms with Crippen LogP contribution in [0.2, 0.25) is 5.02 Å². The molecular weight excluding hydrogens is 252 g/mol. The fourth-order valence-corrected chi connectivity index (χ4v) is 1.82. The summed E-state index contributed by atoms with van der Waals surface area (Å²) in [6.45, 7) is 6.07. The molecule has 100 valence electrons. The highest BCUT2D eigenvalue weighted by Gasteiger charge is 2.26. The summed E-state index contributed by atoms with van der Waals surface area (Å²) in [5.41, 5.74) is 0.221. The first kappa shape index (κ1) is 14.9. The van der Waals surface area contributed by atoms with E-state index < -0.39 is 0 Å². The third-order valence-corrected chi connectivity index (χ3v) is 3.11. The molecule has 1 aromatic heterocycles. The number of hydrogen-bond donors (Lipinski definition) is 2. The molecule has 0 aliphatic carbocycles. The number of amides is 1. The Morgan fingerprint density at radius 2 is 2.22 bits per heavy atom. The lowest BCUT2D eigenvalue weighted by atomic mass is 9.85. The Morgan fingerprint density at radius 1 is 1.56 bits per heavy atom. The quantitative estimate of drug-likeness (QED) is 0.882. The van der Waals surface area contributed by atoms with E-state index in [9.17, 15) is 4.79 Å². The Labute approximate surface area is 112 Å². The smallest absolute Gasteiger partial charge is 0.254 e. The molecule has 18 heavy (non-hydrogen) atoms. The highest BCUT2D eigenvalue weighted by atomic mass is 35.5. The van der Waals surface area contributed by atoms with Crippen LogP contribution in [-0.2, 0) is 0 Å². The van der Waals surface area contributed by atoms with Crippen molar-refractivity contribution >= 4 is 17.5 Å². The van der Waals surface area contributed by atoms with E-state index >= 15 is 0 Å². The largest absolute Gasteiger partial charge is 0.396 e. The average Bonchev–Trinajstić information content (AvgIpc) is 2.27. The van der Waals surface area contributed by atoms with E-state index in [1.165, 1.54) is 12.4 Å². The summed E-state index contributed by atoms with van der Waals surface area (Å²) in [7, 11) is 0. The number of pyridine rings is 1. The van der Waals surface area contributed by atoms with Gasteiger partial charge in [-0.25, -0.2) is 0 Å². The molecule has 0 aromatic carbocycles. The number of nitrogens with one attached hydrogen (secondary N) is 1. The third-order valence-electron chi connectivity index (χ3n) is 2.78. The van der Waals surface area contributed by atoms with Gasteiger partial charge < -0.3 is 10.4 Å². The molecular formula is C13H19ClN2O2. The van der Waals surface area contributed by atoms with Gasteiger partial charge in [-0.1, -0.05) is 32.4 Å². The van der Waals surface area contributed by atoms with E-state index in [-0.39, 0.29) is 24.0 Å². The van der Waals surface area contributed by atoms with Crippen LogP contribution in [0.25, 0.3) is 0 Å². The van der Waals surface area contributed by atoms with E-state index in [0.29, 0.717) is 17.0 Å². The van der Waals surface area contributed by atoms with Crippen LogP contribution >= 0.6 is 11.6 Å². The van der Waals surface area contributed by atoms with Crippen LogP contribution in [0.4, 0.5) is 0 Å². The van der Waals surface area contributed by atoms with Gasteiger partial charge in [0, 0.05) is 25.0 Å². The Balaban J connectivity index is 2.82. The number of aliphatic hydroxyl groups is 1. The molecule has 1 atom stereocenters. The molecule has 5 heteroatoms. The van der Waals surface area contributed by atoms with Gasteiger partial charge in [-0.3, -0.25) is 9.78 Å². The maximum absolute atomic E-state index is 12.1. The highest BCUT2D eigenvalue weighted by molar-refractivity contribution is 6.33. The molecule has 1 unspecified atom stereocenters. The Hall–Kier alpha value is -1.13. The number of rotatable bonds is 4. The van der Waals surface area contributed by atoms with Crippen LogP contribution in [-0.4, -0.2) is 28.6 Å². The molecule has 0 saturated heterocycles. The number of aromatic nitrogens is 1. The maximum Gasteiger partial charge on any atom is 0.254 e. The van der Waals surface area contributed by atoms with Crippen LogP contribution < -0.4 is 5.32 Å². The monoisotopic (exact) mass is 270 g/mol. The summed E-state index contributed by atoms with van der Waals surface area (Å²) in [4.78, 5) is 16.0.